The molecule has 1 atom stereocenters. The first kappa shape index (κ1) is 18.7. The van der Waals surface area contributed by atoms with Crippen molar-refractivity contribution in [3.63, 3.8) is 0 Å². The molecule has 1 aliphatic heterocycles. The molecule has 0 saturated heterocycles. The van der Waals surface area contributed by atoms with Crippen molar-refractivity contribution in [3.8, 4) is 0 Å². The number of nitrogens with zero attached hydrogens (tertiary/aromatic N) is 2. The number of benzene rings is 2. The molecule has 0 saturated carbocycles. The zero-order valence-electron chi connectivity index (χ0n) is 16.1. The van der Waals surface area contributed by atoms with Gasteiger partial charge in [-0.3, -0.25) is 14.6 Å². The third kappa shape index (κ3) is 4.11. The maximum atomic E-state index is 12.7. The van der Waals surface area contributed by atoms with E-state index in [4.69, 9.17) is 0 Å². The van der Waals surface area contributed by atoms with Crippen LogP contribution in [0.4, 0.5) is 17.1 Å². The third-order valence-corrected chi connectivity index (χ3v) is 5.11. The topological polar surface area (TPSA) is 74.3 Å². The molecule has 0 aliphatic carbocycles. The first-order chi connectivity index (χ1) is 14.1. The fourth-order valence-electron chi connectivity index (χ4n) is 3.50. The Morgan fingerprint density at radius 3 is 2.48 bits per heavy atom. The largest absolute Gasteiger partial charge is 0.355 e. The van der Waals surface area contributed by atoms with Crippen molar-refractivity contribution in [2.24, 2.45) is 5.92 Å². The SMILES string of the molecule is CN1C(=O)C(C(=O)NCc2ccc(Nc3ccncc3)cc2)Cc2ccccc21. The molecule has 6 nitrogen and oxygen atoms in total. The number of hydrogen-bond acceptors (Lipinski definition) is 4. The minimum atomic E-state index is -0.692. The zero-order chi connectivity index (χ0) is 20.2. The molecule has 2 amide bonds. The monoisotopic (exact) mass is 386 g/mol. The van der Waals surface area contributed by atoms with Crippen molar-refractivity contribution in [2.45, 2.75) is 13.0 Å². The van der Waals surface area contributed by atoms with Crippen LogP contribution in [0.15, 0.2) is 73.1 Å². The Kier molecular flexibility index (Phi) is 5.24. The number of rotatable bonds is 5. The molecule has 0 fully saturated rings. The highest BCUT2D eigenvalue weighted by molar-refractivity contribution is 6.09. The fourth-order valence-corrected chi connectivity index (χ4v) is 3.50. The molecular weight excluding hydrogens is 364 g/mol. The van der Waals surface area contributed by atoms with Crippen LogP contribution >= 0.6 is 0 Å². The Hall–Kier alpha value is -3.67. The molecule has 0 bridgehead atoms. The predicted molar refractivity (Wildman–Crippen MR) is 113 cm³/mol. The lowest BCUT2D eigenvalue weighted by Crippen LogP contribution is -2.46. The van der Waals surface area contributed by atoms with Crippen LogP contribution in [0.1, 0.15) is 11.1 Å². The van der Waals surface area contributed by atoms with Gasteiger partial charge in [0.15, 0.2) is 0 Å². The number of pyridine rings is 1. The maximum Gasteiger partial charge on any atom is 0.239 e. The lowest BCUT2D eigenvalue weighted by Gasteiger charge is -2.30. The van der Waals surface area contributed by atoms with E-state index in [-0.39, 0.29) is 11.8 Å². The van der Waals surface area contributed by atoms with E-state index in [1.807, 2.05) is 60.7 Å². The summed E-state index contributed by atoms with van der Waals surface area (Å²) >= 11 is 0. The quantitative estimate of drug-likeness (QED) is 0.660. The summed E-state index contributed by atoms with van der Waals surface area (Å²) in [7, 11) is 1.72. The molecule has 1 unspecified atom stereocenters. The molecule has 0 spiro atoms. The summed E-state index contributed by atoms with van der Waals surface area (Å²) in [5.41, 5.74) is 4.77. The summed E-state index contributed by atoms with van der Waals surface area (Å²) < 4.78 is 0. The molecule has 3 aromatic rings. The first-order valence-corrected chi connectivity index (χ1v) is 9.51. The molecule has 1 aliphatic rings. The van der Waals surface area contributed by atoms with Gasteiger partial charge in [-0.25, -0.2) is 0 Å². The van der Waals surface area contributed by atoms with Crippen LogP contribution in [0.3, 0.4) is 0 Å². The second-order valence-corrected chi connectivity index (χ2v) is 7.06. The van der Waals surface area contributed by atoms with E-state index in [1.54, 1.807) is 24.3 Å². The van der Waals surface area contributed by atoms with E-state index in [0.29, 0.717) is 13.0 Å². The van der Waals surface area contributed by atoms with E-state index < -0.39 is 5.92 Å². The number of carbonyl (C=O) groups excluding carboxylic acids is 2. The lowest BCUT2D eigenvalue weighted by atomic mass is 9.91. The van der Waals surface area contributed by atoms with Crippen LogP contribution in [0, 0.1) is 5.92 Å². The first-order valence-electron chi connectivity index (χ1n) is 9.51. The number of amides is 2. The molecule has 0 radical (unpaired) electrons. The highest BCUT2D eigenvalue weighted by Crippen LogP contribution is 2.29. The standard InChI is InChI=1S/C23H22N4O2/c1-27-21-5-3-2-4-17(21)14-20(23(27)29)22(28)25-15-16-6-8-18(9-7-16)26-19-10-12-24-13-11-19/h2-13,20H,14-15H2,1H3,(H,24,26)(H,25,28). The molecule has 2 heterocycles. The molecular formula is C23H22N4O2. The molecule has 6 heteroatoms. The van der Waals surface area contributed by atoms with Crippen molar-refractivity contribution in [3.05, 3.63) is 84.2 Å². The van der Waals surface area contributed by atoms with Gasteiger partial charge in [-0.15, -0.1) is 0 Å². The molecule has 146 valence electrons. The molecule has 2 aromatic carbocycles. The van der Waals surface area contributed by atoms with E-state index in [1.165, 1.54) is 0 Å². The van der Waals surface area contributed by atoms with Gasteiger partial charge in [-0.05, 0) is 47.9 Å². The van der Waals surface area contributed by atoms with E-state index in [0.717, 1.165) is 28.2 Å². The van der Waals surface area contributed by atoms with E-state index in [2.05, 4.69) is 15.6 Å². The van der Waals surface area contributed by atoms with Crippen molar-refractivity contribution in [1.29, 1.82) is 0 Å². The van der Waals surface area contributed by atoms with Crippen LogP contribution in [0.2, 0.25) is 0 Å². The average molecular weight is 386 g/mol. The number of aromatic nitrogens is 1. The third-order valence-electron chi connectivity index (χ3n) is 5.11. The summed E-state index contributed by atoms with van der Waals surface area (Å²) in [6, 6.07) is 19.3. The van der Waals surface area contributed by atoms with Gasteiger partial charge in [0.2, 0.25) is 11.8 Å². The minimum Gasteiger partial charge on any atom is -0.355 e. The summed E-state index contributed by atoms with van der Waals surface area (Å²) in [4.78, 5) is 30.8. The minimum absolute atomic E-state index is 0.168. The number of nitrogens with one attached hydrogen (secondary N) is 2. The average Bonchev–Trinajstić information content (AvgIpc) is 2.76. The number of fused-ring (bicyclic) bond motifs is 1. The van der Waals surface area contributed by atoms with E-state index in [9.17, 15) is 9.59 Å². The van der Waals surface area contributed by atoms with Gasteiger partial charge in [0.05, 0.1) is 0 Å². The molecule has 1 aromatic heterocycles. The molecule has 2 N–H and O–H groups in total. The van der Waals surface area contributed by atoms with Gasteiger partial charge in [0.1, 0.15) is 5.92 Å². The maximum absolute atomic E-state index is 12.7. The Bertz CT molecular complexity index is 1020. The lowest BCUT2D eigenvalue weighted by molar-refractivity contribution is -0.134. The van der Waals surface area contributed by atoms with Crippen molar-refractivity contribution in [1.82, 2.24) is 10.3 Å². The van der Waals surface area contributed by atoms with Crippen molar-refractivity contribution in [2.75, 3.05) is 17.3 Å². The Labute approximate surface area is 169 Å². The number of carbonyl (C=O) groups is 2. The van der Waals surface area contributed by atoms with Crippen LogP contribution in [-0.4, -0.2) is 23.8 Å². The molecule has 4 rings (SSSR count). The second kappa shape index (κ2) is 8.14. The Balaban J connectivity index is 1.37. The van der Waals surface area contributed by atoms with Crippen molar-refractivity contribution >= 4 is 28.9 Å². The Morgan fingerprint density at radius 2 is 1.72 bits per heavy atom. The summed E-state index contributed by atoms with van der Waals surface area (Å²) in [6.07, 6.45) is 3.89. The summed E-state index contributed by atoms with van der Waals surface area (Å²) in [6.45, 7) is 0.378. The van der Waals surface area contributed by atoms with Crippen LogP contribution in [0.25, 0.3) is 0 Å². The second-order valence-electron chi connectivity index (χ2n) is 7.06. The Morgan fingerprint density at radius 1 is 1.03 bits per heavy atom. The van der Waals surface area contributed by atoms with Gasteiger partial charge in [-0.1, -0.05) is 30.3 Å². The normalized spacial score (nSPS) is 15.6. The number of hydrogen-bond donors (Lipinski definition) is 2. The highest BCUT2D eigenvalue weighted by Gasteiger charge is 2.35. The predicted octanol–water partition coefficient (Wildman–Crippen LogP) is 3.28. The fraction of sp³-hybridized carbons (Fsp3) is 0.174. The van der Waals surface area contributed by atoms with E-state index >= 15 is 0 Å². The van der Waals surface area contributed by atoms with Crippen molar-refractivity contribution < 1.29 is 9.59 Å². The van der Waals surface area contributed by atoms with Gasteiger partial charge in [0, 0.05) is 43.0 Å². The van der Waals surface area contributed by atoms with Gasteiger partial charge in [0.25, 0.3) is 0 Å². The smallest absolute Gasteiger partial charge is 0.239 e. The number of para-hydroxylation sites is 1. The van der Waals surface area contributed by atoms with Gasteiger partial charge < -0.3 is 15.5 Å². The van der Waals surface area contributed by atoms with Crippen LogP contribution < -0.4 is 15.5 Å². The summed E-state index contributed by atoms with van der Waals surface area (Å²) in [5, 5.41) is 6.19. The zero-order valence-corrected chi connectivity index (χ0v) is 16.1. The van der Waals surface area contributed by atoms with Gasteiger partial charge >= 0.3 is 0 Å². The number of anilines is 3. The van der Waals surface area contributed by atoms with Gasteiger partial charge in [-0.2, -0.15) is 0 Å². The summed E-state index contributed by atoms with van der Waals surface area (Å²) in [5.74, 6) is -1.10. The van der Waals surface area contributed by atoms with Crippen LogP contribution in [0.5, 0.6) is 0 Å². The highest BCUT2D eigenvalue weighted by atomic mass is 16.2. The molecule has 29 heavy (non-hydrogen) atoms. The van der Waals surface area contributed by atoms with Crippen LogP contribution in [-0.2, 0) is 22.6 Å².